The molecule has 4 rings (SSSR count). The summed E-state index contributed by atoms with van der Waals surface area (Å²) in [6.45, 7) is 5.87. The topological polar surface area (TPSA) is 90.8 Å². The Morgan fingerprint density at radius 1 is 1.29 bits per heavy atom. The number of amides is 1. The SMILES string of the molecule is C=CCn1c(-c2ccc(OC)cc2)cn2cc(C(=O)N[C@H](C)c3ccco3)nc2c1=O. The number of fused-ring (bicyclic) bond motifs is 1. The molecule has 0 saturated carbocycles. The van der Waals surface area contributed by atoms with Crippen molar-refractivity contribution in [1.82, 2.24) is 19.3 Å². The Bertz CT molecular complexity index is 1280. The molecular weight excluding hydrogens is 396 g/mol. The highest BCUT2D eigenvalue weighted by Crippen LogP contribution is 2.22. The summed E-state index contributed by atoms with van der Waals surface area (Å²) in [7, 11) is 1.60. The van der Waals surface area contributed by atoms with Crippen LogP contribution in [0.4, 0.5) is 0 Å². The largest absolute Gasteiger partial charge is 0.497 e. The van der Waals surface area contributed by atoms with Gasteiger partial charge in [-0.05, 0) is 43.3 Å². The number of rotatable bonds is 7. The number of ether oxygens (including phenoxy) is 1. The van der Waals surface area contributed by atoms with Crippen molar-refractivity contribution < 1.29 is 13.9 Å². The van der Waals surface area contributed by atoms with E-state index in [4.69, 9.17) is 9.15 Å². The average Bonchev–Trinajstić information content (AvgIpc) is 3.46. The maximum absolute atomic E-state index is 13.1. The molecule has 3 heterocycles. The minimum atomic E-state index is -0.395. The van der Waals surface area contributed by atoms with Crippen molar-refractivity contribution in [3.63, 3.8) is 0 Å². The summed E-state index contributed by atoms with van der Waals surface area (Å²) >= 11 is 0. The van der Waals surface area contributed by atoms with Crippen LogP contribution in [0.15, 0.2) is 76.9 Å². The molecule has 0 aliphatic carbocycles. The molecule has 1 amide bonds. The summed E-state index contributed by atoms with van der Waals surface area (Å²) in [6, 6.07) is 10.6. The molecule has 158 valence electrons. The van der Waals surface area contributed by atoms with Crippen molar-refractivity contribution in [2.75, 3.05) is 7.11 Å². The van der Waals surface area contributed by atoms with Crippen LogP contribution in [0.25, 0.3) is 16.9 Å². The van der Waals surface area contributed by atoms with Gasteiger partial charge in [0.2, 0.25) is 5.65 Å². The van der Waals surface area contributed by atoms with Crippen molar-refractivity contribution in [1.29, 1.82) is 0 Å². The molecule has 0 bridgehead atoms. The molecule has 1 atom stereocenters. The molecule has 8 nitrogen and oxygen atoms in total. The van der Waals surface area contributed by atoms with Gasteiger partial charge in [-0.3, -0.25) is 18.6 Å². The van der Waals surface area contributed by atoms with E-state index in [1.807, 2.05) is 31.2 Å². The van der Waals surface area contributed by atoms with E-state index in [1.165, 1.54) is 0 Å². The summed E-state index contributed by atoms with van der Waals surface area (Å²) in [5.74, 6) is 0.954. The average molecular weight is 418 g/mol. The van der Waals surface area contributed by atoms with Gasteiger partial charge in [0, 0.05) is 24.5 Å². The highest BCUT2D eigenvalue weighted by atomic mass is 16.5. The Morgan fingerprint density at radius 2 is 2.06 bits per heavy atom. The maximum atomic E-state index is 13.1. The second kappa shape index (κ2) is 8.35. The number of hydrogen-bond donors (Lipinski definition) is 1. The molecule has 1 aromatic carbocycles. The predicted octanol–water partition coefficient (Wildman–Crippen LogP) is 3.44. The first-order valence-corrected chi connectivity index (χ1v) is 9.74. The number of imidazole rings is 1. The van der Waals surface area contributed by atoms with E-state index in [1.54, 1.807) is 52.9 Å². The fraction of sp³-hybridized carbons (Fsp3) is 0.174. The van der Waals surface area contributed by atoms with E-state index in [-0.39, 0.29) is 22.9 Å². The van der Waals surface area contributed by atoms with Gasteiger partial charge in [-0.2, -0.15) is 0 Å². The molecule has 0 fully saturated rings. The first kappa shape index (κ1) is 20.2. The van der Waals surface area contributed by atoms with Crippen molar-refractivity contribution in [2.24, 2.45) is 0 Å². The van der Waals surface area contributed by atoms with Gasteiger partial charge in [-0.15, -0.1) is 6.58 Å². The minimum Gasteiger partial charge on any atom is -0.497 e. The molecular formula is C23H22N4O4. The van der Waals surface area contributed by atoms with Crippen LogP contribution in [0.2, 0.25) is 0 Å². The zero-order valence-corrected chi connectivity index (χ0v) is 17.2. The second-order valence-corrected chi connectivity index (χ2v) is 7.01. The first-order chi connectivity index (χ1) is 15.0. The summed E-state index contributed by atoms with van der Waals surface area (Å²) in [5.41, 5.74) is 1.50. The number of carbonyl (C=O) groups excluding carboxylic acids is 1. The number of allylic oxidation sites excluding steroid dienone is 1. The fourth-order valence-corrected chi connectivity index (χ4v) is 3.37. The van der Waals surface area contributed by atoms with Crippen LogP contribution in [-0.4, -0.2) is 27.0 Å². The lowest BCUT2D eigenvalue weighted by Crippen LogP contribution is -2.26. The molecule has 0 aliphatic heterocycles. The summed E-state index contributed by atoms with van der Waals surface area (Å²) in [4.78, 5) is 30.1. The van der Waals surface area contributed by atoms with Crippen LogP contribution < -0.4 is 15.6 Å². The Kier molecular flexibility index (Phi) is 5.44. The van der Waals surface area contributed by atoms with Crippen LogP contribution >= 0.6 is 0 Å². The van der Waals surface area contributed by atoms with Gasteiger partial charge in [0.25, 0.3) is 11.5 Å². The second-order valence-electron chi connectivity index (χ2n) is 7.01. The van der Waals surface area contributed by atoms with Gasteiger partial charge in [0.1, 0.15) is 17.2 Å². The molecule has 3 aromatic heterocycles. The maximum Gasteiger partial charge on any atom is 0.295 e. The molecule has 8 heteroatoms. The minimum absolute atomic E-state index is 0.146. The number of nitrogens with zero attached hydrogens (tertiary/aromatic N) is 3. The van der Waals surface area contributed by atoms with E-state index in [9.17, 15) is 9.59 Å². The normalized spacial score (nSPS) is 11.9. The Hall–Kier alpha value is -4.07. The quantitative estimate of drug-likeness (QED) is 0.464. The number of benzene rings is 1. The van der Waals surface area contributed by atoms with E-state index < -0.39 is 5.91 Å². The number of furan rings is 1. The number of nitrogens with one attached hydrogen (secondary N) is 1. The van der Waals surface area contributed by atoms with Gasteiger partial charge in [-0.25, -0.2) is 4.98 Å². The molecule has 0 unspecified atom stereocenters. The number of carbonyl (C=O) groups is 1. The van der Waals surface area contributed by atoms with Crippen molar-refractivity contribution in [2.45, 2.75) is 19.5 Å². The summed E-state index contributed by atoms with van der Waals surface area (Å²) in [5, 5.41) is 2.83. The third kappa shape index (κ3) is 3.87. The molecule has 1 N–H and O–H groups in total. The van der Waals surface area contributed by atoms with Crippen molar-refractivity contribution in [3.8, 4) is 17.0 Å². The van der Waals surface area contributed by atoms with E-state index in [0.29, 0.717) is 18.0 Å². The lowest BCUT2D eigenvalue weighted by molar-refractivity contribution is 0.0931. The van der Waals surface area contributed by atoms with Crippen molar-refractivity contribution >= 4 is 11.6 Å². The molecule has 0 saturated heterocycles. The lowest BCUT2D eigenvalue weighted by Gasteiger charge is -2.12. The van der Waals surface area contributed by atoms with Gasteiger partial charge in [-0.1, -0.05) is 6.08 Å². The Morgan fingerprint density at radius 3 is 2.71 bits per heavy atom. The van der Waals surface area contributed by atoms with Gasteiger partial charge >= 0.3 is 0 Å². The van der Waals surface area contributed by atoms with Crippen LogP contribution in [-0.2, 0) is 6.54 Å². The van der Waals surface area contributed by atoms with Crippen LogP contribution in [0.3, 0.4) is 0 Å². The zero-order valence-electron chi connectivity index (χ0n) is 17.2. The van der Waals surface area contributed by atoms with E-state index in [0.717, 1.165) is 11.3 Å². The van der Waals surface area contributed by atoms with Gasteiger partial charge in [0.15, 0.2) is 0 Å². The molecule has 31 heavy (non-hydrogen) atoms. The Labute approximate surface area is 178 Å². The third-order valence-corrected chi connectivity index (χ3v) is 4.97. The lowest BCUT2D eigenvalue weighted by atomic mass is 10.1. The molecule has 4 aromatic rings. The van der Waals surface area contributed by atoms with Gasteiger partial charge in [0.05, 0.1) is 25.1 Å². The smallest absolute Gasteiger partial charge is 0.295 e. The van der Waals surface area contributed by atoms with Crippen LogP contribution in [0.5, 0.6) is 5.75 Å². The third-order valence-electron chi connectivity index (χ3n) is 4.97. The predicted molar refractivity (Wildman–Crippen MR) is 116 cm³/mol. The van der Waals surface area contributed by atoms with Crippen molar-refractivity contribution in [3.05, 3.63) is 89.5 Å². The highest BCUT2D eigenvalue weighted by Gasteiger charge is 2.19. The number of aromatic nitrogens is 3. The highest BCUT2D eigenvalue weighted by molar-refractivity contribution is 5.93. The monoisotopic (exact) mass is 418 g/mol. The Balaban J connectivity index is 1.74. The standard InChI is InChI=1S/C23H22N4O4/c1-4-11-27-19(16-7-9-17(30-3)10-8-16)14-26-13-18(25-21(26)23(27)29)22(28)24-15(2)20-6-5-12-31-20/h4-10,12-15H,1,11H2,2-3H3,(H,24,28)/t15-/m1/s1. The van der Waals surface area contributed by atoms with Gasteiger partial charge < -0.3 is 14.5 Å². The molecule has 0 radical (unpaired) electrons. The van der Waals surface area contributed by atoms with E-state index in [2.05, 4.69) is 16.9 Å². The molecule has 0 aliphatic rings. The van der Waals surface area contributed by atoms with Crippen LogP contribution in [0, 0.1) is 0 Å². The number of hydrogen-bond acceptors (Lipinski definition) is 5. The zero-order chi connectivity index (χ0) is 22.0. The summed E-state index contributed by atoms with van der Waals surface area (Å²) < 4.78 is 13.7. The molecule has 0 spiro atoms. The summed E-state index contributed by atoms with van der Waals surface area (Å²) in [6.07, 6.45) is 6.52. The fourth-order valence-electron chi connectivity index (χ4n) is 3.37. The number of methoxy groups -OCH3 is 1. The van der Waals surface area contributed by atoms with Crippen LogP contribution in [0.1, 0.15) is 29.2 Å². The first-order valence-electron chi connectivity index (χ1n) is 9.74. The van der Waals surface area contributed by atoms with E-state index >= 15 is 0 Å².